The van der Waals surface area contributed by atoms with Gasteiger partial charge < -0.3 is 29.4 Å². The minimum atomic E-state index is -1.21. The Morgan fingerprint density at radius 2 is 1.79 bits per heavy atom. The van der Waals surface area contributed by atoms with Crippen LogP contribution in [0.2, 0.25) is 0 Å². The van der Waals surface area contributed by atoms with Crippen molar-refractivity contribution in [3.05, 3.63) is 48.5 Å². The number of hydrogen-bond donors (Lipinski definition) is 3. The van der Waals surface area contributed by atoms with E-state index in [0.29, 0.717) is 0 Å². The van der Waals surface area contributed by atoms with Gasteiger partial charge in [0.1, 0.15) is 31.6 Å². The molecule has 3 aromatic rings. The zero-order valence-electron chi connectivity index (χ0n) is 21.2. The highest BCUT2D eigenvalue weighted by Gasteiger charge is 2.21. The molecule has 3 N–H and O–H groups in total. The van der Waals surface area contributed by atoms with Crippen molar-refractivity contribution in [2.24, 2.45) is 0 Å². The zero-order valence-corrected chi connectivity index (χ0v) is 21.2. The van der Waals surface area contributed by atoms with Gasteiger partial charge in [0.25, 0.3) is 0 Å². The van der Waals surface area contributed by atoms with Gasteiger partial charge in [-0.1, -0.05) is 30.3 Å². The molecule has 3 amide bonds. The van der Waals surface area contributed by atoms with Gasteiger partial charge in [-0.25, -0.2) is 24.5 Å². The molecule has 1 aromatic carbocycles. The monoisotopic (exact) mass is 527 g/mol. The summed E-state index contributed by atoms with van der Waals surface area (Å²) in [6.07, 6.45) is 1.09. The number of imidazole rings is 1. The van der Waals surface area contributed by atoms with Crippen LogP contribution in [0.5, 0.6) is 0 Å². The summed E-state index contributed by atoms with van der Waals surface area (Å²) in [6.45, 7) is 4.25. The predicted octanol–water partition coefficient (Wildman–Crippen LogP) is 2.01. The number of fused-ring (bicyclic) bond motifs is 1. The Morgan fingerprint density at radius 3 is 2.47 bits per heavy atom. The highest BCUT2D eigenvalue weighted by molar-refractivity contribution is 5.93. The molecular weight excluding hydrogens is 498 g/mol. The molecule has 38 heavy (non-hydrogen) atoms. The summed E-state index contributed by atoms with van der Waals surface area (Å²) in [7, 11) is 0. The third kappa shape index (κ3) is 8.43. The highest BCUT2D eigenvalue weighted by Crippen LogP contribution is 2.18. The summed E-state index contributed by atoms with van der Waals surface area (Å²) in [5, 5.41) is 14.2. The number of hydrogen-bond acceptors (Lipinski definition) is 9. The van der Waals surface area contributed by atoms with Crippen LogP contribution in [0.25, 0.3) is 11.2 Å². The van der Waals surface area contributed by atoms with E-state index in [1.54, 1.807) is 20.8 Å². The minimum Gasteiger partial charge on any atom is -0.480 e. The molecule has 3 rings (SSSR count). The highest BCUT2D eigenvalue weighted by atomic mass is 16.6. The predicted molar refractivity (Wildman–Crippen MR) is 134 cm³/mol. The second-order valence-corrected chi connectivity index (χ2v) is 9.09. The van der Waals surface area contributed by atoms with Crippen molar-refractivity contribution in [3.8, 4) is 0 Å². The Bertz CT molecular complexity index is 1290. The Kier molecular flexibility index (Phi) is 9.13. The Hall–Kier alpha value is -4.75. The molecule has 0 saturated carbocycles. The van der Waals surface area contributed by atoms with E-state index < -0.39 is 36.2 Å². The molecular formula is C24H29N7O7. The maximum Gasteiger partial charge on any atom is 0.413 e. The van der Waals surface area contributed by atoms with Gasteiger partial charge >= 0.3 is 18.2 Å². The number of rotatable bonds is 10. The second kappa shape index (κ2) is 12.5. The summed E-state index contributed by atoms with van der Waals surface area (Å²) >= 11 is 0. The Labute approximate surface area is 218 Å². The van der Waals surface area contributed by atoms with E-state index in [-0.39, 0.29) is 43.2 Å². The average Bonchev–Trinajstić information content (AvgIpc) is 3.25. The maximum absolute atomic E-state index is 12.9. The van der Waals surface area contributed by atoms with Crippen molar-refractivity contribution >= 4 is 41.0 Å². The minimum absolute atomic E-state index is 0.0139. The van der Waals surface area contributed by atoms with Crippen LogP contribution in [-0.2, 0) is 32.2 Å². The van der Waals surface area contributed by atoms with E-state index in [2.05, 4.69) is 25.6 Å². The summed E-state index contributed by atoms with van der Waals surface area (Å²) < 4.78 is 11.7. The molecule has 0 fully saturated rings. The van der Waals surface area contributed by atoms with E-state index >= 15 is 0 Å². The van der Waals surface area contributed by atoms with Gasteiger partial charge in [0.2, 0.25) is 5.91 Å². The number of ether oxygens (including phenoxy) is 2. The first kappa shape index (κ1) is 27.8. The number of nitrogens with one attached hydrogen (secondary N) is 2. The molecule has 2 aromatic heterocycles. The lowest BCUT2D eigenvalue weighted by molar-refractivity contribution is -0.144. The van der Waals surface area contributed by atoms with Crippen LogP contribution in [0.15, 0.2) is 43.0 Å². The normalized spacial score (nSPS) is 11.0. The van der Waals surface area contributed by atoms with Gasteiger partial charge in [-0.2, -0.15) is 0 Å². The second-order valence-electron chi connectivity index (χ2n) is 9.09. The fourth-order valence-corrected chi connectivity index (χ4v) is 3.25. The first-order valence-corrected chi connectivity index (χ1v) is 11.6. The summed E-state index contributed by atoms with van der Waals surface area (Å²) in [6, 6.07) is 9.14. The topological polar surface area (TPSA) is 178 Å². The number of alkyl carbamates (subject to hydrolysis) is 1. The van der Waals surface area contributed by atoms with Gasteiger partial charge in [-0.05, 0) is 26.3 Å². The van der Waals surface area contributed by atoms with Gasteiger partial charge in [0, 0.05) is 13.1 Å². The lowest BCUT2D eigenvalue weighted by Crippen LogP contribution is -2.43. The lowest BCUT2D eigenvalue weighted by atomic mass is 10.2. The van der Waals surface area contributed by atoms with Crippen LogP contribution in [0.3, 0.4) is 0 Å². The molecule has 0 aliphatic heterocycles. The number of nitrogens with zero attached hydrogens (tertiary/aromatic N) is 5. The number of amides is 3. The number of carboxylic acids is 1. The zero-order chi connectivity index (χ0) is 27.7. The van der Waals surface area contributed by atoms with Crippen molar-refractivity contribution in [3.63, 3.8) is 0 Å². The molecule has 0 radical (unpaired) electrons. The van der Waals surface area contributed by atoms with Gasteiger partial charge in [0.15, 0.2) is 17.0 Å². The summed E-state index contributed by atoms with van der Waals surface area (Å²) in [5.41, 5.74) is 0.574. The van der Waals surface area contributed by atoms with Crippen molar-refractivity contribution in [2.45, 2.75) is 39.5 Å². The van der Waals surface area contributed by atoms with E-state index in [4.69, 9.17) is 9.47 Å². The number of carbonyl (C=O) groups excluding carboxylic acids is 3. The first-order chi connectivity index (χ1) is 18.0. The maximum atomic E-state index is 12.9. The van der Waals surface area contributed by atoms with Crippen LogP contribution in [0.4, 0.5) is 15.4 Å². The summed E-state index contributed by atoms with van der Waals surface area (Å²) in [4.78, 5) is 61.7. The van der Waals surface area contributed by atoms with Crippen molar-refractivity contribution in [1.29, 1.82) is 0 Å². The number of aromatic nitrogens is 4. The smallest absolute Gasteiger partial charge is 0.413 e. The lowest BCUT2D eigenvalue weighted by Gasteiger charge is -2.23. The van der Waals surface area contributed by atoms with Crippen LogP contribution in [-0.4, -0.2) is 78.8 Å². The van der Waals surface area contributed by atoms with Crippen molar-refractivity contribution in [2.75, 3.05) is 25.0 Å². The summed E-state index contributed by atoms with van der Waals surface area (Å²) in [5.74, 6) is -1.68. The van der Waals surface area contributed by atoms with Crippen molar-refractivity contribution in [1.82, 2.24) is 29.7 Å². The molecule has 202 valence electrons. The standard InChI is InChI=1S/C24H29N7O7/c1-24(2,3)38-22(35)25-9-10-30(12-18(33)34)17(32)11-31-15-28-19-20(26-14-27-21(19)31)29-23(36)37-13-16-7-5-4-6-8-16/h4-8,14-15H,9-13H2,1-3H3,(H,25,35)(H,33,34)(H,26,27,29,36). The van der Waals surface area contributed by atoms with E-state index in [9.17, 15) is 24.3 Å². The number of anilines is 1. The number of aliphatic carboxylic acids is 1. The van der Waals surface area contributed by atoms with Gasteiger partial charge in [-0.15, -0.1) is 0 Å². The Balaban J connectivity index is 1.63. The largest absolute Gasteiger partial charge is 0.480 e. The van der Waals surface area contributed by atoms with E-state index in [0.717, 1.165) is 10.5 Å². The molecule has 2 heterocycles. The molecule has 14 heteroatoms. The third-order valence-electron chi connectivity index (χ3n) is 4.87. The quantitative estimate of drug-likeness (QED) is 0.353. The fourth-order valence-electron chi connectivity index (χ4n) is 3.25. The van der Waals surface area contributed by atoms with Gasteiger partial charge in [0.05, 0.1) is 6.33 Å². The van der Waals surface area contributed by atoms with E-state index in [1.807, 2.05) is 30.3 Å². The van der Waals surface area contributed by atoms with Crippen LogP contribution in [0.1, 0.15) is 26.3 Å². The molecule has 0 atom stereocenters. The molecule has 0 bridgehead atoms. The molecule has 0 saturated heterocycles. The third-order valence-corrected chi connectivity index (χ3v) is 4.87. The molecule has 0 aliphatic rings. The van der Waals surface area contributed by atoms with E-state index in [1.165, 1.54) is 17.2 Å². The first-order valence-electron chi connectivity index (χ1n) is 11.6. The van der Waals surface area contributed by atoms with Crippen LogP contribution >= 0.6 is 0 Å². The SMILES string of the molecule is CC(C)(C)OC(=O)NCCN(CC(=O)O)C(=O)Cn1cnc2c(NC(=O)OCc3ccccc3)ncnc21. The van der Waals surface area contributed by atoms with Gasteiger partial charge in [-0.3, -0.25) is 14.9 Å². The molecule has 0 aliphatic carbocycles. The van der Waals surface area contributed by atoms with Crippen molar-refractivity contribution < 1.29 is 33.8 Å². The van der Waals surface area contributed by atoms with Crippen LogP contribution in [0, 0.1) is 0 Å². The molecule has 14 nitrogen and oxygen atoms in total. The molecule has 0 spiro atoms. The average molecular weight is 528 g/mol. The number of benzene rings is 1. The number of carbonyl (C=O) groups is 4. The van der Waals surface area contributed by atoms with Crippen LogP contribution < -0.4 is 10.6 Å². The number of carboxylic acid groups (broad SMARTS) is 1. The fraction of sp³-hybridized carbons (Fsp3) is 0.375. The Morgan fingerprint density at radius 1 is 1.05 bits per heavy atom. The molecule has 0 unspecified atom stereocenters.